The van der Waals surface area contributed by atoms with Gasteiger partial charge in [-0.2, -0.15) is 0 Å². The van der Waals surface area contributed by atoms with Crippen molar-refractivity contribution in [3.05, 3.63) is 36.5 Å². The van der Waals surface area contributed by atoms with Crippen LogP contribution in [-0.4, -0.2) is 100 Å². The molecule has 88 heavy (non-hydrogen) atoms. The Labute approximate surface area is 543 Å². The van der Waals surface area contributed by atoms with E-state index in [-0.39, 0.29) is 18.5 Å². The lowest BCUT2D eigenvalue weighted by atomic mass is 9.99. The number of hydrogen-bond donors (Lipinski definition) is 6. The van der Waals surface area contributed by atoms with Crippen molar-refractivity contribution in [1.82, 2.24) is 5.32 Å². The van der Waals surface area contributed by atoms with Gasteiger partial charge < -0.3 is 45.1 Å². The number of aliphatic hydroxyl groups is 5. The molecule has 1 aliphatic rings. The topological polar surface area (TPSA) is 175 Å². The maximum absolute atomic E-state index is 13.0. The van der Waals surface area contributed by atoms with Gasteiger partial charge in [0, 0.05) is 12.8 Å². The molecule has 1 rings (SSSR count). The van der Waals surface area contributed by atoms with Gasteiger partial charge in [0.15, 0.2) is 6.29 Å². The van der Waals surface area contributed by atoms with E-state index in [0.29, 0.717) is 19.4 Å². The fraction of sp³-hybridized carbons (Fsp3) is 0.896. The molecule has 0 aromatic heterocycles. The maximum Gasteiger partial charge on any atom is 0.305 e. The molecule has 11 nitrogen and oxygen atoms in total. The zero-order valence-electron chi connectivity index (χ0n) is 57.7. The number of carbonyl (C=O) groups is 2. The van der Waals surface area contributed by atoms with Crippen molar-refractivity contribution in [2.45, 2.75) is 423 Å². The molecule has 11 heteroatoms. The molecule has 0 aromatic rings. The molecule has 6 N–H and O–H groups in total. The standard InChI is InChI=1S/C77H145NO10/c1-3-5-7-9-11-13-15-45-49-53-57-61-65-73(82)86-66-62-58-54-50-46-42-40-38-36-34-32-30-28-26-24-22-20-18-16-17-19-21-23-25-27-29-31-33-35-37-39-41-44-48-52-56-60-64-72(81)78-69(68-87-77-76(85)75(84)74(83)71(67-79)88-77)70(80)63-59-55-51-47-43-14-12-10-8-6-4-2/h16,18,43,47,59,63,69-71,74-77,79-80,83-85H,3-15,17,19-42,44-46,48-58,60-62,64-68H2,1-2H3,(H,78,81)/b18-16-,47-43+,63-59+. The fourth-order valence-corrected chi connectivity index (χ4v) is 12.2. The monoisotopic (exact) mass is 1240 g/mol. The summed E-state index contributed by atoms with van der Waals surface area (Å²) in [4.78, 5) is 25.1. The summed E-state index contributed by atoms with van der Waals surface area (Å²) in [5.41, 5.74) is 0. The first-order valence-corrected chi connectivity index (χ1v) is 38.3. The molecule has 1 aliphatic heterocycles. The normalized spacial score (nSPS) is 17.9. The number of allylic oxidation sites excluding steroid dienone is 5. The summed E-state index contributed by atoms with van der Waals surface area (Å²) >= 11 is 0. The number of carbonyl (C=O) groups excluding carboxylic acids is 2. The molecule has 0 spiro atoms. The number of esters is 1. The lowest BCUT2D eigenvalue weighted by Gasteiger charge is -2.40. The van der Waals surface area contributed by atoms with Crippen LogP contribution in [0.15, 0.2) is 36.5 Å². The average Bonchev–Trinajstić information content (AvgIpc) is 2.02. The van der Waals surface area contributed by atoms with Gasteiger partial charge in [0.1, 0.15) is 24.4 Å². The molecule has 518 valence electrons. The molecular formula is C77H145NO10. The Hall–Kier alpha value is -2.12. The highest BCUT2D eigenvalue weighted by Gasteiger charge is 2.44. The first-order valence-electron chi connectivity index (χ1n) is 38.3. The van der Waals surface area contributed by atoms with Crippen molar-refractivity contribution in [3.63, 3.8) is 0 Å². The second-order valence-corrected chi connectivity index (χ2v) is 26.7. The zero-order chi connectivity index (χ0) is 63.7. The van der Waals surface area contributed by atoms with E-state index < -0.39 is 49.5 Å². The molecule has 1 saturated heterocycles. The minimum atomic E-state index is -1.57. The van der Waals surface area contributed by atoms with Crippen LogP contribution in [0.25, 0.3) is 0 Å². The van der Waals surface area contributed by atoms with Crippen LogP contribution < -0.4 is 5.32 Å². The van der Waals surface area contributed by atoms with Gasteiger partial charge in [-0.3, -0.25) is 9.59 Å². The van der Waals surface area contributed by atoms with Gasteiger partial charge in [-0.05, 0) is 70.6 Å². The van der Waals surface area contributed by atoms with E-state index in [0.717, 1.165) is 51.4 Å². The highest BCUT2D eigenvalue weighted by Crippen LogP contribution is 2.24. The van der Waals surface area contributed by atoms with Crippen molar-refractivity contribution >= 4 is 11.9 Å². The van der Waals surface area contributed by atoms with Crippen LogP contribution in [0.3, 0.4) is 0 Å². The molecule has 0 bridgehead atoms. The Morgan fingerprint density at radius 2 is 0.739 bits per heavy atom. The molecular weight excluding hydrogens is 1100 g/mol. The van der Waals surface area contributed by atoms with Gasteiger partial charge in [0.25, 0.3) is 0 Å². The second-order valence-electron chi connectivity index (χ2n) is 26.7. The van der Waals surface area contributed by atoms with Crippen LogP contribution in [0.1, 0.15) is 380 Å². The Morgan fingerprint density at radius 3 is 1.12 bits per heavy atom. The van der Waals surface area contributed by atoms with Crippen LogP contribution in [0.5, 0.6) is 0 Å². The smallest absolute Gasteiger partial charge is 0.305 e. The maximum atomic E-state index is 13.0. The predicted octanol–water partition coefficient (Wildman–Crippen LogP) is 20.1. The van der Waals surface area contributed by atoms with Crippen molar-refractivity contribution in [1.29, 1.82) is 0 Å². The van der Waals surface area contributed by atoms with E-state index in [1.165, 1.54) is 302 Å². The van der Waals surface area contributed by atoms with Gasteiger partial charge in [-0.1, -0.05) is 333 Å². The number of amides is 1. The van der Waals surface area contributed by atoms with Crippen LogP contribution in [0, 0.1) is 0 Å². The van der Waals surface area contributed by atoms with Crippen molar-refractivity contribution in [2.24, 2.45) is 0 Å². The molecule has 0 radical (unpaired) electrons. The molecule has 1 heterocycles. The molecule has 1 amide bonds. The summed E-state index contributed by atoms with van der Waals surface area (Å²) in [6.45, 7) is 4.35. The van der Waals surface area contributed by atoms with E-state index in [4.69, 9.17) is 14.2 Å². The van der Waals surface area contributed by atoms with E-state index in [1.54, 1.807) is 6.08 Å². The number of aliphatic hydroxyl groups excluding tert-OH is 5. The quantitative estimate of drug-likeness (QED) is 0.0195. The summed E-state index contributed by atoms with van der Waals surface area (Å²) in [5.74, 6) is -0.171. The number of ether oxygens (including phenoxy) is 3. The summed E-state index contributed by atoms with van der Waals surface area (Å²) in [7, 11) is 0. The third-order valence-corrected chi connectivity index (χ3v) is 18.2. The highest BCUT2D eigenvalue weighted by atomic mass is 16.7. The first-order chi connectivity index (χ1) is 43.2. The van der Waals surface area contributed by atoms with Crippen LogP contribution >= 0.6 is 0 Å². The van der Waals surface area contributed by atoms with Crippen LogP contribution in [0.4, 0.5) is 0 Å². The van der Waals surface area contributed by atoms with Crippen molar-refractivity contribution < 1.29 is 49.3 Å². The van der Waals surface area contributed by atoms with Crippen molar-refractivity contribution in [3.8, 4) is 0 Å². The summed E-state index contributed by atoms with van der Waals surface area (Å²) in [6.07, 6.45) is 76.1. The number of unbranched alkanes of at least 4 members (excludes halogenated alkanes) is 50. The number of rotatable bonds is 68. The van der Waals surface area contributed by atoms with Crippen molar-refractivity contribution in [2.75, 3.05) is 19.8 Å². The Morgan fingerprint density at radius 1 is 0.409 bits per heavy atom. The van der Waals surface area contributed by atoms with Crippen LogP contribution in [-0.2, 0) is 23.8 Å². The average molecular weight is 1250 g/mol. The fourth-order valence-electron chi connectivity index (χ4n) is 12.2. The van der Waals surface area contributed by atoms with E-state index in [9.17, 15) is 35.1 Å². The summed E-state index contributed by atoms with van der Waals surface area (Å²) in [5, 5.41) is 54.4. The SMILES string of the molecule is CCCCCCC/C=C/CC/C=C/C(O)C(COC1OC(CO)C(O)C(O)C1O)NC(=O)CCCCCCCCCCCCCCCCCCC/C=C\CCCCCCCCCCCCCCCCCCOC(=O)CCCCCCCCCCCCCC. The molecule has 7 unspecified atom stereocenters. The van der Waals surface area contributed by atoms with Gasteiger partial charge in [0.2, 0.25) is 5.91 Å². The largest absolute Gasteiger partial charge is 0.466 e. The third kappa shape index (κ3) is 54.4. The Kier molecular flexibility index (Phi) is 63.2. The predicted molar refractivity (Wildman–Crippen MR) is 371 cm³/mol. The molecule has 1 fully saturated rings. The Bertz CT molecular complexity index is 1560. The summed E-state index contributed by atoms with van der Waals surface area (Å²) < 4.78 is 16.7. The van der Waals surface area contributed by atoms with E-state index in [2.05, 4.69) is 43.5 Å². The van der Waals surface area contributed by atoms with Gasteiger partial charge >= 0.3 is 5.97 Å². The molecule has 0 aliphatic carbocycles. The van der Waals surface area contributed by atoms with Gasteiger partial charge in [-0.15, -0.1) is 0 Å². The molecule has 0 aromatic carbocycles. The van der Waals surface area contributed by atoms with E-state index >= 15 is 0 Å². The third-order valence-electron chi connectivity index (χ3n) is 18.2. The first kappa shape index (κ1) is 83.9. The lowest BCUT2D eigenvalue weighted by molar-refractivity contribution is -0.302. The second kappa shape index (κ2) is 66.3. The van der Waals surface area contributed by atoms with Gasteiger partial charge in [0.05, 0.1) is 32.0 Å². The molecule has 7 atom stereocenters. The van der Waals surface area contributed by atoms with Gasteiger partial charge in [-0.25, -0.2) is 0 Å². The minimum Gasteiger partial charge on any atom is -0.466 e. The Balaban J connectivity index is 1.89. The minimum absolute atomic E-state index is 0.0162. The van der Waals surface area contributed by atoms with Crippen LogP contribution in [0.2, 0.25) is 0 Å². The lowest BCUT2D eigenvalue weighted by Crippen LogP contribution is -2.60. The van der Waals surface area contributed by atoms with E-state index in [1.807, 2.05) is 6.08 Å². The number of hydrogen-bond acceptors (Lipinski definition) is 10. The summed E-state index contributed by atoms with van der Waals surface area (Å²) in [6, 6.07) is -0.824. The highest BCUT2D eigenvalue weighted by molar-refractivity contribution is 5.76. The number of nitrogens with one attached hydrogen (secondary N) is 1. The molecule has 0 saturated carbocycles. The zero-order valence-corrected chi connectivity index (χ0v) is 57.7.